The highest BCUT2D eigenvalue weighted by molar-refractivity contribution is 7.54. The maximum Gasteiger partial charge on any atom is 0.373 e. The van der Waals surface area contributed by atoms with Crippen molar-refractivity contribution in [3.8, 4) is 0 Å². The van der Waals surface area contributed by atoms with Gasteiger partial charge in [-0.25, -0.2) is 0 Å². The van der Waals surface area contributed by atoms with Crippen LogP contribution < -0.4 is 0 Å². The zero-order valence-corrected chi connectivity index (χ0v) is 11.3. The molecular weight excluding hydrogens is 253 g/mol. The Morgan fingerprint density at radius 1 is 1.33 bits per heavy atom. The van der Waals surface area contributed by atoms with Gasteiger partial charge in [0, 0.05) is 27.1 Å². The summed E-state index contributed by atoms with van der Waals surface area (Å²) in [5, 5.41) is 3.96. The van der Waals surface area contributed by atoms with Crippen LogP contribution in [0.5, 0.6) is 0 Å². The average molecular weight is 269 g/mol. The molecule has 1 aliphatic heterocycles. The molecule has 1 aliphatic rings. The lowest BCUT2D eigenvalue weighted by Gasteiger charge is -2.17. The minimum atomic E-state index is -3.21. The monoisotopic (exact) mass is 269 g/mol. The van der Waals surface area contributed by atoms with Gasteiger partial charge in [0.25, 0.3) is 0 Å². The Hall–Kier alpha value is -1.16. The Bertz CT molecular complexity index is 466. The van der Waals surface area contributed by atoms with Crippen LogP contribution in [-0.4, -0.2) is 25.8 Å². The number of hydrogen-bond acceptors (Lipinski definition) is 5. The third kappa shape index (κ3) is 2.80. The molecule has 6 heteroatoms. The molecule has 1 aromatic rings. The van der Waals surface area contributed by atoms with E-state index in [1.54, 1.807) is 0 Å². The molecule has 18 heavy (non-hydrogen) atoms. The van der Waals surface area contributed by atoms with Gasteiger partial charge in [0.15, 0.2) is 0 Å². The predicted octanol–water partition coefficient (Wildman–Crippen LogP) is 2.82. The van der Waals surface area contributed by atoms with E-state index in [9.17, 15) is 4.57 Å². The molecule has 5 nitrogen and oxygen atoms in total. The first-order valence-electron chi connectivity index (χ1n) is 5.64. The first-order valence-corrected chi connectivity index (χ1v) is 7.26. The van der Waals surface area contributed by atoms with Crippen LogP contribution >= 0.6 is 7.60 Å². The Balaban J connectivity index is 1.98. The van der Waals surface area contributed by atoms with E-state index in [0.29, 0.717) is 12.8 Å². The van der Waals surface area contributed by atoms with E-state index in [2.05, 4.69) is 5.16 Å². The molecule has 0 spiro atoms. The van der Waals surface area contributed by atoms with Gasteiger partial charge in [-0.1, -0.05) is 35.5 Å². The van der Waals surface area contributed by atoms with Crippen LogP contribution in [0, 0.1) is 0 Å². The van der Waals surface area contributed by atoms with E-state index in [-0.39, 0.29) is 0 Å². The van der Waals surface area contributed by atoms with Crippen molar-refractivity contribution in [1.29, 1.82) is 0 Å². The second-order valence-corrected chi connectivity index (χ2v) is 6.37. The summed E-state index contributed by atoms with van der Waals surface area (Å²) in [5.41, 5.74) is 1.99. The number of rotatable bonds is 5. The quantitative estimate of drug-likeness (QED) is 0.771. The Labute approximate surface area is 106 Å². The summed E-state index contributed by atoms with van der Waals surface area (Å²) in [6.07, 6.45) is 1.15. The highest BCUT2D eigenvalue weighted by Gasteiger charge is 2.40. The van der Waals surface area contributed by atoms with Crippen LogP contribution in [0.15, 0.2) is 35.5 Å². The second kappa shape index (κ2) is 5.65. The van der Waals surface area contributed by atoms with Gasteiger partial charge in [-0.15, -0.1) is 0 Å². The van der Waals surface area contributed by atoms with Crippen LogP contribution in [0.1, 0.15) is 12.0 Å². The molecule has 98 valence electrons. The summed E-state index contributed by atoms with van der Waals surface area (Å²) in [4.78, 5) is 5.16. The normalized spacial score (nSPS) is 19.4. The second-order valence-electron chi connectivity index (χ2n) is 3.99. The molecular formula is C12H16NO4P. The Kier molecular flexibility index (Phi) is 4.17. The summed E-state index contributed by atoms with van der Waals surface area (Å²) < 4.78 is 21.9. The number of nitrogens with zero attached hydrogens (tertiary/aromatic N) is 1. The molecule has 0 aliphatic carbocycles. The molecule has 0 amide bonds. The predicted molar refractivity (Wildman–Crippen MR) is 68.7 cm³/mol. The number of oxime groups is 1. The molecule has 0 saturated heterocycles. The van der Waals surface area contributed by atoms with Crippen molar-refractivity contribution < 1.29 is 18.5 Å². The maximum absolute atomic E-state index is 12.1. The van der Waals surface area contributed by atoms with E-state index >= 15 is 0 Å². The summed E-state index contributed by atoms with van der Waals surface area (Å²) >= 11 is 0. The topological polar surface area (TPSA) is 57.1 Å². The van der Waals surface area contributed by atoms with Gasteiger partial charge in [-0.3, -0.25) is 4.57 Å². The van der Waals surface area contributed by atoms with E-state index in [1.807, 2.05) is 30.3 Å². The van der Waals surface area contributed by atoms with Crippen molar-refractivity contribution in [2.24, 2.45) is 5.16 Å². The zero-order chi connectivity index (χ0) is 13.0. The van der Waals surface area contributed by atoms with Crippen molar-refractivity contribution in [2.45, 2.75) is 18.7 Å². The van der Waals surface area contributed by atoms with Crippen molar-refractivity contribution in [1.82, 2.24) is 0 Å². The summed E-state index contributed by atoms with van der Waals surface area (Å²) in [6.45, 7) is 0. The van der Waals surface area contributed by atoms with Gasteiger partial charge in [0.05, 0.1) is 5.71 Å². The van der Waals surface area contributed by atoms with Crippen molar-refractivity contribution in [3.05, 3.63) is 35.9 Å². The van der Waals surface area contributed by atoms with E-state index in [0.717, 1.165) is 11.3 Å². The van der Waals surface area contributed by atoms with Gasteiger partial charge in [-0.2, -0.15) is 0 Å². The van der Waals surface area contributed by atoms with Crippen molar-refractivity contribution in [3.63, 3.8) is 0 Å². The highest BCUT2D eigenvalue weighted by atomic mass is 31.2. The van der Waals surface area contributed by atoms with Gasteiger partial charge >= 0.3 is 7.60 Å². The molecule has 0 saturated carbocycles. The summed E-state index contributed by atoms with van der Waals surface area (Å²) in [5.74, 6) is -0.633. The maximum atomic E-state index is 12.1. The Morgan fingerprint density at radius 3 is 2.61 bits per heavy atom. The van der Waals surface area contributed by atoms with Crippen molar-refractivity contribution >= 4 is 13.3 Å². The first-order chi connectivity index (χ1) is 8.68. The van der Waals surface area contributed by atoms with Gasteiger partial charge < -0.3 is 13.9 Å². The van der Waals surface area contributed by atoms with E-state index < -0.39 is 13.4 Å². The molecule has 0 aromatic heterocycles. The van der Waals surface area contributed by atoms with Crippen LogP contribution in [0.2, 0.25) is 0 Å². The number of benzene rings is 1. The third-order valence-electron chi connectivity index (χ3n) is 2.83. The smallest absolute Gasteiger partial charge is 0.373 e. The highest BCUT2D eigenvalue weighted by Crippen LogP contribution is 2.54. The lowest BCUT2D eigenvalue weighted by molar-refractivity contribution is 0.106. The molecule has 1 aromatic carbocycles. The molecule has 0 N–H and O–H groups in total. The Morgan fingerprint density at radius 2 is 2.00 bits per heavy atom. The zero-order valence-electron chi connectivity index (χ0n) is 10.4. The fourth-order valence-corrected chi connectivity index (χ4v) is 3.04. The molecule has 1 heterocycles. The van der Waals surface area contributed by atoms with Crippen LogP contribution in [0.4, 0.5) is 0 Å². The minimum Gasteiger partial charge on any atom is -0.379 e. The lowest BCUT2D eigenvalue weighted by Crippen LogP contribution is -2.12. The standard InChI is InChI=1S/C12H16NO4P/c1-15-18(14,16-2)12-9-11(13-17-12)8-10-6-4-3-5-7-10/h3-7,12H,8-9H2,1-2H3. The molecule has 0 bridgehead atoms. The largest absolute Gasteiger partial charge is 0.379 e. The third-order valence-corrected chi connectivity index (χ3v) is 4.83. The van der Waals surface area contributed by atoms with Crippen LogP contribution in [0.25, 0.3) is 0 Å². The van der Waals surface area contributed by atoms with Crippen LogP contribution in [0.3, 0.4) is 0 Å². The van der Waals surface area contributed by atoms with Gasteiger partial charge in [0.1, 0.15) is 0 Å². The molecule has 1 unspecified atom stereocenters. The SMILES string of the molecule is COP(=O)(OC)C1CC(Cc2ccccc2)=NO1. The van der Waals surface area contributed by atoms with E-state index in [4.69, 9.17) is 13.9 Å². The van der Waals surface area contributed by atoms with Crippen molar-refractivity contribution in [2.75, 3.05) is 14.2 Å². The molecule has 0 fully saturated rings. The fourth-order valence-electron chi connectivity index (χ4n) is 1.83. The molecule has 1 atom stereocenters. The molecule has 2 rings (SSSR count). The fraction of sp³-hybridized carbons (Fsp3) is 0.417. The average Bonchev–Trinajstić information content (AvgIpc) is 2.88. The number of hydrogen-bond donors (Lipinski definition) is 0. The summed E-state index contributed by atoms with van der Waals surface area (Å²) in [6, 6.07) is 9.93. The summed E-state index contributed by atoms with van der Waals surface area (Å²) in [7, 11) is -0.508. The van der Waals surface area contributed by atoms with Gasteiger partial charge in [0.2, 0.25) is 5.85 Å². The lowest BCUT2D eigenvalue weighted by atomic mass is 10.1. The minimum absolute atomic E-state index is 0.466. The van der Waals surface area contributed by atoms with Crippen LogP contribution in [-0.2, 0) is 24.9 Å². The van der Waals surface area contributed by atoms with Gasteiger partial charge in [-0.05, 0) is 5.56 Å². The molecule has 0 radical (unpaired) electrons. The first kappa shape index (κ1) is 13.3. The van der Waals surface area contributed by atoms with E-state index in [1.165, 1.54) is 14.2 Å².